The highest BCUT2D eigenvalue weighted by molar-refractivity contribution is 5.77. The van der Waals surface area contributed by atoms with Crippen LogP contribution in [-0.2, 0) is 21.1 Å². The fourth-order valence-electron chi connectivity index (χ4n) is 1.72. The van der Waals surface area contributed by atoms with Gasteiger partial charge in [0.15, 0.2) is 6.73 Å². The zero-order valence-corrected chi connectivity index (χ0v) is 13.2. The maximum absolute atomic E-state index is 11.7. The topological polar surface area (TPSA) is 84.7 Å². The van der Waals surface area contributed by atoms with E-state index < -0.39 is 17.4 Å². The lowest BCUT2D eigenvalue weighted by atomic mass is 9.98. The third-order valence-corrected chi connectivity index (χ3v) is 3.08. The van der Waals surface area contributed by atoms with Gasteiger partial charge in [-0.1, -0.05) is 6.92 Å². The molecule has 7 heteroatoms. The molecule has 0 amide bonds. The van der Waals surface area contributed by atoms with E-state index in [2.05, 4.69) is 4.98 Å². The minimum Gasteiger partial charge on any atom is -0.480 e. The molecular weight excluding hydrogens is 274 g/mol. The monoisotopic (exact) mass is 297 g/mol. The molecule has 1 atom stereocenters. The molecule has 21 heavy (non-hydrogen) atoms. The van der Waals surface area contributed by atoms with Crippen molar-refractivity contribution in [1.29, 1.82) is 0 Å². The van der Waals surface area contributed by atoms with Gasteiger partial charge in [0.05, 0.1) is 17.9 Å². The summed E-state index contributed by atoms with van der Waals surface area (Å²) in [4.78, 5) is 28.5. The Morgan fingerprint density at radius 2 is 2.10 bits per heavy atom. The molecule has 118 valence electrons. The molecule has 1 rings (SSSR count). The van der Waals surface area contributed by atoms with E-state index in [1.165, 1.54) is 6.33 Å². The van der Waals surface area contributed by atoms with E-state index >= 15 is 0 Å². The van der Waals surface area contributed by atoms with E-state index in [1.54, 1.807) is 50.4 Å². The number of hydrogen-bond acceptors (Lipinski definition) is 5. The van der Waals surface area contributed by atoms with Crippen molar-refractivity contribution in [2.24, 2.45) is 5.41 Å². The SMILES string of the molecule is CCC(C(=O)O)N(C)c1cn(COC(=O)C(C)(C)C)cn1. The molecule has 0 saturated heterocycles. The van der Waals surface area contributed by atoms with Crippen molar-refractivity contribution in [3.8, 4) is 0 Å². The molecule has 1 heterocycles. The number of carboxylic acids is 1. The number of aliphatic carboxylic acids is 1. The minimum absolute atomic E-state index is 0.0564. The van der Waals surface area contributed by atoms with Gasteiger partial charge in [0, 0.05) is 7.05 Å². The summed E-state index contributed by atoms with van der Waals surface area (Å²) in [6, 6.07) is -0.634. The first-order valence-corrected chi connectivity index (χ1v) is 6.81. The number of nitrogens with zero attached hydrogens (tertiary/aromatic N) is 3. The Morgan fingerprint density at radius 1 is 1.48 bits per heavy atom. The predicted molar refractivity (Wildman–Crippen MR) is 77.9 cm³/mol. The van der Waals surface area contributed by atoms with E-state index in [9.17, 15) is 9.59 Å². The van der Waals surface area contributed by atoms with Gasteiger partial charge in [0.2, 0.25) is 0 Å². The number of aromatic nitrogens is 2. The number of hydrogen-bond donors (Lipinski definition) is 1. The van der Waals surface area contributed by atoms with E-state index in [4.69, 9.17) is 9.84 Å². The second kappa shape index (κ2) is 6.60. The summed E-state index contributed by atoms with van der Waals surface area (Å²) < 4.78 is 6.77. The van der Waals surface area contributed by atoms with Crippen LogP contribution in [0.4, 0.5) is 5.82 Å². The smallest absolute Gasteiger partial charge is 0.326 e. The predicted octanol–water partition coefficient (Wildman–Crippen LogP) is 1.73. The van der Waals surface area contributed by atoms with Crippen LogP contribution in [0, 0.1) is 5.41 Å². The molecular formula is C14H23N3O4. The molecule has 1 aromatic heterocycles. The summed E-state index contributed by atoms with van der Waals surface area (Å²) in [5.41, 5.74) is -0.559. The van der Waals surface area contributed by atoms with Crippen LogP contribution < -0.4 is 4.90 Å². The fourth-order valence-corrected chi connectivity index (χ4v) is 1.72. The number of anilines is 1. The fraction of sp³-hybridized carbons (Fsp3) is 0.643. The lowest BCUT2D eigenvalue weighted by Gasteiger charge is -2.23. The summed E-state index contributed by atoms with van der Waals surface area (Å²) >= 11 is 0. The van der Waals surface area contributed by atoms with Crippen molar-refractivity contribution >= 4 is 17.8 Å². The molecule has 0 aliphatic carbocycles. The molecule has 1 N–H and O–H groups in total. The maximum Gasteiger partial charge on any atom is 0.326 e. The second-order valence-electron chi connectivity index (χ2n) is 5.93. The van der Waals surface area contributed by atoms with Crippen molar-refractivity contribution < 1.29 is 19.4 Å². The van der Waals surface area contributed by atoms with Gasteiger partial charge >= 0.3 is 11.9 Å². The molecule has 0 aliphatic heterocycles. The van der Waals surface area contributed by atoms with Crippen LogP contribution in [0.15, 0.2) is 12.5 Å². The third-order valence-electron chi connectivity index (χ3n) is 3.08. The Morgan fingerprint density at radius 3 is 2.57 bits per heavy atom. The van der Waals surface area contributed by atoms with Crippen LogP contribution in [0.3, 0.4) is 0 Å². The van der Waals surface area contributed by atoms with Gasteiger partial charge in [0.1, 0.15) is 11.9 Å². The van der Waals surface area contributed by atoms with Crippen molar-refractivity contribution in [3.05, 3.63) is 12.5 Å². The molecule has 7 nitrogen and oxygen atoms in total. The third kappa shape index (κ3) is 4.47. The van der Waals surface area contributed by atoms with Crippen molar-refractivity contribution in [2.75, 3.05) is 11.9 Å². The van der Waals surface area contributed by atoms with Crippen LogP contribution in [0.5, 0.6) is 0 Å². The Bertz CT molecular complexity index is 505. The molecule has 1 aromatic rings. The summed E-state index contributed by atoms with van der Waals surface area (Å²) in [6.45, 7) is 7.20. The Kier molecular flexibility index (Phi) is 5.34. The van der Waals surface area contributed by atoms with Crippen LogP contribution >= 0.6 is 0 Å². The molecule has 0 saturated carbocycles. The number of carbonyl (C=O) groups is 2. The molecule has 1 unspecified atom stereocenters. The highest BCUT2D eigenvalue weighted by Crippen LogP contribution is 2.17. The summed E-state index contributed by atoms with van der Waals surface area (Å²) in [5.74, 6) is -0.673. The van der Waals surface area contributed by atoms with Crippen LogP contribution in [0.2, 0.25) is 0 Å². The first-order valence-electron chi connectivity index (χ1n) is 6.81. The molecule has 0 spiro atoms. The number of esters is 1. The van der Waals surface area contributed by atoms with E-state index in [0.717, 1.165) is 0 Å². The Labute approximate surface area is 124 Å². The Hall–Kier alpha value is -2.05. The zero-order valence-electron chi connectivity index (χ0n) is 13.2. The molecule has 0 aromatic carbocycles. The second-order valence-corrected chi connectivity index (χ2v) is 5.93. The van der Waals surface area contributed by atoms with Crippen LogP contribution in [0.1, 0.15) is 34.1 Å². The van der Waals surface area contributed by atoms with Crippen molar-refractivity contribution in [2.45, 2.75) is 46.9 Å². The van der Waals surface area contributed by atoms with Gasteiger partial charge in [-0.15, -0.1) is 0 Å². The van der Waals surface area contributed by atoms with Gasteiger partial charge < -0.3 is 19.3 Å². The quantitative estimate of drug-likeness (QED) is 0.805. The number of likely N-dealkylation sites (N-methyl/N-ethyl adjacent to an activating group) is 1. The first-order chi connectivity index (χ1) is 9.66. The number of rotatable bonds is 6. The van der Waals surface area contributed by atoms with Gasteiger partial charge in [-0.25, -0.2) is 9.78 Å². The number of carboxylic acid groups (broad SMARTS) is 1. The van der Waals surface area contributed by atoms with Crippen LogP contribution in [0.25, 0.3) is 0 Å². The van der Waals surface area contributed by atoms with Gasteiger partial charge in [-0.05, 0) is 27.2 Å². The van der Waals surface area contributed by atoms with E-state index in [0.29, 0.717) is 12.2 Å². The molecule has 0 aliphatic rings. The van der Waals surface area contributed by atoms with Crippen LogP contribution in [-0.4, -0.2) is 39.7 Å². The highest BCUT2D eigenvalue weighted by Gasteiger charge is 2.24. The molecule has 0 radical (unpaired) electrons. The molecule has 0 fully saturated rings. The average Bonchev–Trinajstić information content (AvgIpc) is 2.83. The first kappa shape index (κ1) is 17.0. The standard InChI is InChI=1S/C14H23N3O4/c1-6-10(12(18)19)16(5)11-7-17(8-15-11)9-21-13(20)14(2,3)4/h7-8,10H,6,9H2,1-5H3,(H,18,19). The summed E-state index contributed by atoms with van der Waals surface area (Å²) in [5, 5.41) is 9.13. The van der Waals surface area contributed by atoms with E-state index in [1.807, 2.05) is 0 Å². The van der Waals surface area contributed by atoms with E-state index in [-0.39, 0.29) is 12.7 Å². The Balaban J connectivity index is 2.69. The summed E-state index contributed by atoms with van der Waals surface area (Å²) in [6.07, 6.45) is 3.63. The summed E-state index contributed by atoms with van der Waals surface area (Å²) in [7, 11) is 1.68. The highest BCUT2D eigenvalue weighted by atomic mass is 16.5. The van der Waals surface area contributed by atoms with Gasteiger partial charge in [-0.3, -0.25) is 4.79 Å². The van der Waals surface area contributed by atoms with Gasteiger partial charge in [-0.2, -0.15) is 0 Å². The lowest BCUT2D eigenvalue weighted by molar-refractivity contribution is -0.157. The number of ether oxygens (including phenoxy) is 1. The zero-order chi connectivity index (χ0) is 16.2. The van der Waals surface area contributed by atoms with Crippen molar-refractivity contribution in [1.82, 2.24) is 9.55 Å². The average molecular weight is 297 g/mol. The van der Waals surface area contributed by atoms with Gasteiger partial charge in [0.25, 0.3) is 0 Å². The maximum atomic E-state index is 11.7. The number of imidazole rings is 1. The number of carbonyl (C=O) groups excluding carboxylic acids is 1. The lowest BCUT2D eigenvalue weighted by Crippen LogP contribution is -2.38. The largest absolute Gasteiger partial charge is 0.480 e. The minimum atomic E-state index is -0.895. The molecule has 0 bridgehead atoms. The normalized spacial score (nSPS) is 12.8. The van der Waals surface area contributed by atoms with Crippen molar-refractivity contribution in [3.63, 3.8) is 0 Å².